The average molecular weight is 499 g/mol. The topological polar surface area (TPSA) is 107 Å². The Hall–Kier alpha value is -3.53. The molecule has 1 aromatic carbocycles. The van der Waals surface area contributed by atoms with E-state index in [0.717, 1.165) is 23.8 Å². The third-order valence-electron chi connectivity index (χ3n) is 5.97. The number of nitrogens with one attached hydrogen (secondary N) is 1. The zero-order chi connectivity index (χ0) is 25.2. The van der Waals surface area contributed by atoms with Gasteiger partial charge in [0.1, 0.15) is 11.5 Å². The van der Waals surface area contributed by atoms with Crippen LogP contribution in [-0.4, -0.2) is 40.5 Å². The number of hydrogen-bond acceptors (Lipinski definition) is 6. The van der Waals surface area contributed by atoms with Crippen LogP contribution in [0.1, 0.15) is 44.4 Å². The van der Waals surface area contributed by atoms with Gasteiger partial charge in [0.05, 0.1) is 37.1 Å². The van der Waals surface area contributed by atoms with Crippen LogP contribution in [0.4, 0.5) is 4.39 Å². The first kappa shape index (κ1) is 24.6. The summed E-state index contributed by atoms with van der Waals surface area (Å²) in [6, 6.07) is 8.17. The van der Waals surface area contributed by atoms with E-state index in [1.807, 2.05) is 13.8 Å². The van der Waals surface area contributed by atoms with Crippen molar-refractivity contribution >= 4 is 15.4 Å². The van der Waals surface area contributed by atoms with Gasteiger partial charge < -0.3 is 9.72 Å². The molecule has 10 heteroatoms. The smallest absolute Gasteiger partial charge is 0.270 e. The summed E-state index contributed by atoms with van der Waals surface area (Å²) < 4.78 is 46.2. The Morgan fingerprint density at radius 3 is 2.69 bits per heavy atom. The molecular formula is C25H27FN4O4S. The highest BCUT2D eigenvalue weighted by molar-refractivity contribution is 7.92. The summed E-state index contributed by atoms with van der Waals surface area (Å²) in [4.78, 5) is 19.1. The van der Waals surface area contributed by atoms with E-state index < -0.39 is 20.6 Å². The van der Waals surface area contributed by atoms with Gasteiger partial charge in [-0.3, -0.25) is 9.48 Å². The molecule has 2 aromatic heterocycles. The van der Waals surface area contributed by atoms with Crippen molar-refractivity contribution in [2.75, 3.05) is 7.11 Å². The normalized spacial score (nSPS) is 14.9. The lowest BCUT2D eigenvalue weighted by atomic mass is 10.0. The molecule has 1 aliphatic carbocycles. The molecule has 184 valence electrons. The van der Waals surface area contributed by atoms with Gasteiger partial charge in [-0.1, -0.05) is 30.7 Å². The van der Waals surface area contributed by atoms with Crippen LogP contribution < -0.4 is 5.56 Å². The number of H-pyrrole nitrogens is 1. The fourth-order valence-electron chi connectivity index (χ4n) is 3.70. The minimum Gasteiger partial charge on any atom is -0.504 e. The Kier molecular flexibility index (Phi) is 7.02. The number of allylic oxidation sites excluding steroid dienone is 3. The number of benzene rings is 1. The summed E-state index contributed by atoms with van der Waals surface area (Å²) in [5, 5.41) is 4.09. The predicted molar refractivity (Wildman–Crippen MR) is 131 cm³/mol. The van der Waals surface area contributed by atoms with Gasteiger partial charge in [0.2, 0.25) is 0 Å². The SMILES string of the molecule is CCC(C)=C(C=COC)c1cc(-c2ncc(S(=O)(=O)C3CC3)c(=O)[nH]2)nn1Cc1ccccc1F. The molecule has 0 unspecified atom stereocenters. The Morgan fingerprint density at radius 2 is 2.06 bits per heavy atom. The Bertz CT molecular complexity index is 1470. The quantitative estimate of drug-likeness (QED) is 0.352. The van der Waals surface area contributed by atoms with Crippen molar-refractivity contribution in [2.24, 2.45) is 0 Å². The van der Waals surface area contributed by atoms with Gasteiger partial charge in [-0.2, -0.15) is 5.10 Å². The fourth-order valence-corrected chi connectivity index (χ4v) is 5.33. The summed E-state index contributed by atoms with van der Waals surface area (Å²) in [6.07, 6.45) is 6.30. The highest BCUT2D eigenvalue weighted by atomic mass is 32.2. The maximum Gasteiger partial charge on any atom is 0.270 e. The zero-order valence-electron chi connectivity index (χ0n) is 19.8. The second-order valence-electron chi connectivity index (χ2n) is 8.42. The summed E-state index contributed by atoms with van der Waals surface area (Å²) in [5.41, 5.74) is 2.60. The van der Waals surface area contributed by atoms with Crippen molar-refractivity contribution in [3.63, 3.8) is 0 Å². The predicted octanol–water partition coefficient (Wildman–Crippen LogP) is 4.10. The van der Waals surface area contributed by atoms with Crippen molar-refractivity contribution < 1.29 is 17.5 Å². The minimum atomic E-state index is -3.69. The maximum absolute atomic E-state index is 14.4. The van der Waals surface area contributed by atoms with Crippen LogP contribution in [0.5, 0.6) is 0 Å². The molecule has 3 aromatic rings. The van der Waals surface area contributed by atoms with Crippen LogP contribution in [0.25, 0.3) is 17.1 Å². The number of aromatic amines is 1. The van der Waals surface area contributed by atoms with Gasteiger partial charge in [0, 0.05) is 11.1 Å². The number of nitrogens with zero attached hydrogens (tertiary/aromatic N) is 3. The van der Waals surface area contributed by atoms with Crippen LogP contribution in [0.15, 0.2) is 64.1 Å². The molecule has 1 N–H and O–H groups in total. The number of ether oxygens (including phenoxy) is 1. The second kappa shape index (κ2) is 9.99. The maximum atomic E-state index is 14.4. The molecule has 1 fully saturated rings. The molecule has 1 aliphatic rings. The Morgan fingerprint density at radius 1 is 1.31 bits per heavy atom. The van der Waals surface area contributed by atoms with Gasteiger partial charge in [-0.05, 0) is 44.4 Å². The summed E-state index contributed by atoms with van der Waals surface area (Å²) in [5.74, 6) is -0.232. The van der Waals surface area contributed by atoms with Crippen LogP contribution >= 0.6 is 0 Å². The number of rotatable bonds is 9. The lowest BCUT2D eigenvalue weighted by Gasteiger charge is -2.11. The van der Waals surface area contributed by atoms with Crippen LogP contribution in [0.3, 0.4) is 0 Å². The third-order valence-corrected chi connectivity index (χ3v) is 8.23. The third kappa shape index (κ3) is 5.12. The first-order valence-electron chi connectivity index (χ1n) is 11.3. The van der Waals surface area contributed by atoms with Gasteiger partial charge in [-0.15, -0.1) is 0 Å². The lowest BCUT2D eigenvalue weighted by Crippen LogP contribution is -2.21. The molecule has 35 heavy (non-hydrogen) atoms. The first-order valence-corrected chi connectivity index (χ1v) is 12.8. The van der Waals surface area contributed by atoms with E-state index in [1.165, 1.54) is 6.07 Å². The van der Waals surface area contributed by atoms with E-state index in [1.54, 1.807) is 48.4 Å². The molecule has 8 nitrogen and oxygen atoms in total. The standard InChI is InChI=1S/C25H27FN4O4S/c1-4-16(2)19(11-12-34-3)22-13-21(29-30(22)15-17-7-5-6-8-20(17)26)24-27-14-23(25(31)28-24)35(32,33)18-9-10-18/h5-8,11-14,18H,4,9-10,15H2,1-3H3,(H,27,28,31). The van der Waals surface area contributed by atoms with Gasteiger partial charge >= 0.3 is 0 Å². The molecule has 0 saturated heterocycles. The van der Waals surface area contributed by atoms with Crippen LogP contribution in [0.2, 0.25) is 0 Å². The van der Waals surface area contributed by atoms with Crippen molar-refractivity contribution in [2.45, 2.75) is 49.8 Å². The average Bonchev–Trinajstić information content (AvgIpc) is 3.63. The van der Waals surface area contributed by atoms with E-state index in [4.69, 9.17) is 4.74 Å². The molecule has 0 aliphatic heterocycles. The molecule has 0 radical (unpaired) electrons. The van der Waals surface area contributed by atoms with E-state index in [-0.39, 0.29) is 23.1 Å². The van der Waals surface area contributed by atoms with E-state index in [9.17, 15) is 17.6 Å². The molecule has 2 heterocycles. The van der Waals surface area contributed by atoms with Crippen LogP contribution in [-0.2, 0) is 21.1 Å². The molecule has 0 atom stereocenters. The zero-order valence-corrected chi connectivity index (χ0v) is 20.6. The minimum absolute atomic E-state index is 0.127. The number of halogens is 1. The summed E-state index contributed by atoms with van der Waals surface area (Å²) in [7, 11) is -2.14. The van der Waals surface area contributed by atoms with Gasteiger partial charge in [-0.25, -0.2) is 17.8 Å². The first-order chi connectivity index (χ1) is 16.8. The monoisotopic (exact) mass is 498 g/mol. The molecule has 0 bridgehead atoms. The van der Waals surface area contributed by atoms with E-state index in [0.29, 0.717) is 29.8 Å². The van der Waals surface area contributed by atoms with E-state index in [2.05, 4.69) is 15.1 Å². The molecule has 1 saturated carbocycles. The summed E-state index contributed by atoms with van der Waals surface area (Å²) in [6.45, 7) is 4.14. The van der Waals surface area contributed by atoms with Crippen molar-refractivity contribution in [3.8, 4) is 11.5 Å². The van der Waals surface area contributed by atoms with Gasteiger partial charge in [0.25, 0.3) is 5.56 Å². The van der Waals surface area contributed by atoms with Crippen molar-refractivity contribution in [1.29, 1.82) is 0 Å². The van der Waals surface area contributed by atoms with Gasteiger partial charge in [0.15, 0.2) is 20.6 Å². The highest BCUT2D eigenvalue weighted by Crippen LogP contribution is 2.32. The molecule has 0 amide bonds. The highest BCUT2D eigenvalue weighted by Gasteiger charge is 2.38. The van der Waals surface area contributed by atoms with E-state index >= 15 is 0 Å². The number of methoxy groups -OCH3 is 1. The van der Waals surface area contributed by atoms with Crippen molar-refractivity contribution in [3.05, 3.63) is 81.9 Å². The molecule has 0 spiro atoms. The largest absolute Gasteiger partial charge is 0.504 e. The van der Waals surface area contributed by atoms with Crippen molar-refractivity contribution in [1.82, 2.24) is 19.7 Å². The number of hydrogen-bond donors (Lipinski definition) is 1. The van der Waals surface area contributed by atoms with Crippen LogP contribution in [0, 0.1) is 5.82 Å². The lowest BCUT2D eigenvalue weighted by molar-refractivity contribution is 0.338. The number of sulfone groups is 1. The molecule has 4 rings (SSSR count). The second-order valence-corrected chi connectivity index (χ2v) is 10.6. The fraction of sp³-hybridized carbons (Fsp3) is 0.320. The number of aromatic nitrogens is 4. The summed E-state index contributed by atoms with van der Waals surface area (Å²) >= 11 is 0. The molecular weight excluding hydrogens is 471 g/mol. The Labute approximate surface area is 203 Å². The Balaban J connectivity index is 1.83.